The first-order valence-electron chi connectivity index (χ1n) is 10.7. The van der Waals surface area contributed by atoms with E-state index in [0.29, 0.717) is 36.8 Å². The first-order chi connectivity index (χ1) is 14.1. The summed E-state index contributed by atoms with van der Waals surface area (Å²) in [5, 5.41) is 5.88. The molecule has 1 unspecified atom stereocenters. The molecule has 1 fully saturated rings. The molecular formula is C23H26N4O2. The van der Waals surface area contributed by atoms with E-state index in [2.05, 4.69) is 20.6 Å². The van der Waals surface area contributed by atoms with Crippen LogP contribution in [0.3, 0.4) is 0 Å². The summed E-state index contributed by atoms with van der Waals surface area (Å²) < 4.78 is 0. The van der Waals surface area contributed by atoms with Crippen LogP contribution in [-0.2, 0) is 27.8 Å². The minimum absolute atomic E-state index is 0.000433. The van der Waals surface area contributed by atoms with Crippen LogP contribution in [0.2, 0.25) is 0 Å². The van der Waals surface area contributed by atoms with Crippen molar-refractivity contribution >= 4 is 23.5 Å². The van der Waals surface area contributed by atoms with Gasteiger partial charge in [-0.15, -0.1) is 0 Å². The van der Waals surface area contributed by atoms with Crippen LogP contribution in [0, 0.1) is 5.92 Å². The number of nitrogens with zero attached hydrogens (tertiary/aromatic N) is 2. The first kappa shape index (κ1) is 18.3. The molecular weight excluding hydrogens is 364 g/mol. The van der Waals surface area contributed by atoms with Gasteiger partial charge in [-0.25, -0.2) is 9.97 Å². The summed E-state index contributed by atoms with van der Waals surface area (Å²) >= 11 is 0. The highest BCUT2D eigenvalue weighted by Crippen LogP contribution is 2.46. The van der Waals surface area contributed by atoms with Crippen LogP contribution in [0.5, 0.6) is 0 Å². The molecule has 6 nitrogen and oxygen atoms in total. The van der Waals surface area contributed by atoms with Gasteiger partial charge in [0, 0.05) is 24.4 Å². The lowest BCUT2D eigenvalue weighted by molar-refractivity contribution is -0.120. The van der Waals surface area contributed by atoms with Gasteiger partial charge >= 0.3 is 0 Å². The average molecular weight is 390 g/mol. The van der Waals surface area contributed by atoms with Crippen molar-refractivity contribution in [2.24, 2.45) is 5.92 Å². The van der Waals surface area contributed by atoms with Crippen molar-refractivity contribution in [3.05, 3.63) is 47.3 Å². The molecule has 0 aromatic carbocycles. The van der Waals surface area contributed by atoms with Gasteiger partial charge in [0.15, 0.2) is 0 Å². The zero-order chi connectivity index (χ0) is 19.8. The molecule has 6 heteroatoms. The quantitative estimate of drug-likeness (QED) is 0.832. The molecule has 0 saturated heterocycles. The van der Waals surface area contributed by atoms with Gasteiger partial charge in [0.2, 0.25) is 11.8 Å². The highest BCUT2D eigenvalue weighted by Gasteiger charge is 2.51. The fraction of sp³-hybridized carbons (Fsp3) is 0.478. The summed E-state index contributed by atoms with van der Waals surface area (Å²) in [7, 11) is 0. The highest BCUT2D eigenvalue weighted by atomic mass is 16.2. The molecule has 2 amide bonds. The lowest BCUT2D eigenvalue weighted by atomic mass is 9.79. The Balaban J connectivity index is 1.27. The van der Waals surface area contributed by atoms with E-state index in [4.69, 9.17) is 0 Å². The molecule has 0 bridgehead atoms. The topological polar surface area (TPSA) is 84.0 Å². The second-order valence-electron chi connectivity index (χ2n) is 8.72. The van der Waals surface area contributed by atoms with E-state index in [1.165, 1.54) is 32.1 Å². The molecule has 3 heterocycles. The zero-order valence-electron chi connectivity index (χ0n) is 16.5. The minimum Gasteiger partial charge on any atom is -0.311 e. The lowest BCUT2D eigenvalue weighted by Gasteiger charge is -2.20. The van der Waals surface area contributed by atoms with Crippen molar-refractivity contribution in [1.29, 1.82) is 0 Å². The molecule has 1 atom stereocenters. The average Bonchev–Trinajstić information content (AvgIpc) is 3.25. The summed E-state index contributed by atoms with van der Waals surface area (Å²) in [6.45, 7) is 0. The maximum absolute atomic E-state index is 12.8. The van der Waals surface area contributed by atoms with E-state index in [-0.39, 0.29) is 11.8 Å². The number of carbonyl (C=O) groups is 2. The van der Waals surface area contributed by atoms with Crippen molar-refractivity contribution < 1.29 is 9.59 Å². The molecule has 29 heavy (non-hydrogen) atoms. The number of carbonyl (C=O) groups excluding carboxylic acids is 2. The molecule has 3 aliphatic rings. The van der Waals surface area contributed by atoms with Crippen molar-refractivity contribution in [3.8, 4) is 0 Å². The summed E-state index contributed by atoms with van der Waals surface area (Å²) in [4.78, 5) is 33.9. The van der Waals surface area contributed by atoms with Gasteiger partial charge in [-0.05, 0) is 48.4 Å². The van der Waals surface area contributed by atoms with Gasteiger partial charge < -0.3 is 10.6 Å². The van der Waals surface area contributed by atoms with Crippen LogP contribution < -0.4 is 10.6 Å². The van der Waals surface area contributed by atoms with Gasteiger partial charge in [-0.3, -0.25) is 9.59 Å². The Morgan fingerprint density at radius 3 is 2.86 bits per heavy atom. The Morgan fingerprint density at radius 2 is 2.00 bits per heavy atom. The SMILES string of the molecule is O=C(CCC1CCCCC1)Nc1cc2c(cn1)CC1(C2)C(=O)Nc2ncccc21. The maximum Gasteiger partial charge on any atom is 0.237 e. The Kier molecular flexibility index (Phi) is 4.57. The van der Waals surface area contributed by atoms with Gasteiger partial charge in [0.25, 0.3) is 0 Å². The van der Waals surface area contributed by atoms with Crippen LogP contribution in [0.15, 0.2) is 30.6 Å². The third-order valence-corrected chi connectivity index (χ3v) is 6.83. The van der Waals surface area contributed by atoms with E-state index < -0.39 is 5.41 Å². The number of pyridine rings is 2. The maximum atomic E-state index is 12.8. The van der Waals surface area contributed by atoms with Gasteiger partial charge in [0.1, 0.15) is 11.6 Å². The summed E-state index contributed by atoms with van der Waals surface area (Å²) in [5.74, 6) is 1.97. The summed E-state index contributed by atoms with van der Waals surface area (Å²) in [6, 6.07) is 5.79. The highest BCUT2D eigenvalue weighted by molar-refractivity contribution is 6.06. The smallest absolute Gasteiger partial charge is 0.237 e. The van der Waals surface area contributed by atoms with E-state index in [9.17, 15) is 9.59 Å². The van der Waals surface area contributed by atoms with Crippen LogP contribution in [0.25, 0.3) is 0 Å². The number of aromatic nitrogens is 2. The van der Waals surface area contributed by atoms with E-state index in [1.807, 2.05) is 24.4 Å². The molecule has 2 aromatic heterocycles. The molecule has 2 aromatic rings. The third kappa shape index (κ3) is 3.30. The van der Waals surface area contributed by atoms with Gasteiger partial charge in [-0.1, -0.05) is 38.2 Å². The number of rotatable bonds is 4. The lowest BCUT2D eigenvalue weighted by Crippen LogP contribution is -2.35. The molecule has 1 saturated carbocycles. The minimum atomic E-state index is -0.600. The molecule has 0 radical (unpaired) electrons. The number of fused-ring (bicyclic) bond motifs is 3. The normalized spacial score (nSPS) is 23.0. The molecule has 2 N–H and O–H groups in total. The zero-order valence-corrected chi connectivity index (χ0v) is 16.5. The molecule has 1 aliphatic heterocycles. The predicted molar refractivity (Wildman–Crippen MR) is 111 cm³/mol. The number of hydrogen-bond acceptors (Lipinski definition) is 4. The van der Waals surface area contributed by atoms with Crippen molar-refractivity contribution in [1.82, 2.24) is 9.97 Å². The second kappa shape index (κ2) is 7.25. The molecule has 1 spiro atoms. The van der Waals surface area contributed by atoms with E-state index in [0.717, 1.165) is 23.1 Å². The fourth-order valence-electron chi connectivity index (χ4n) is 5.24. The van der Waals surface area contributed by atoms with Gasteiger partial charge in [-0.2, -0.15) is 0 Å². The largest absolute Gasteiger partial charge is 0.311 e. The predicted octanol–water partition coefficient (Wildman–Crippen LogP) is 3.76. The monoisotopic (exact) mass is 390 g/mol. The Bertz CT molecular complexity index is 967. The Morgan fingerprint density at radius 1 is 1.17 bits per heavy atom. The van der Waals surface area contributed by atoms with Crippen LogP contribution in [0.4, 0.5) is 11.6 Å². The van der Waals surface area contributed by atoms with Crippen molar-refractivity contribution in [3.63, 3.8) is 0 Å². The number of anilines is 2. The fourth-order valence-corrected chi connectivity index (χ4v) is 5.24. The Hall–Kier alpha value is -2.76. The van der Waals surface area contributed by atoms with Crippen LogP contribution >= 0.6 is 0 Å². The van der Waals surface area contributed by atoms with Crippen LogP contribution in [0.1, 0.15) is 61.6 Å². The molecule has 150 valence electrons. The number of nitrogens with one attached hydrogen (secondary N) is 2. The summed E-state index contributed by atoms with van der Waals surface area (Å²) in [6.07, 6.45) is 12.7. The third-order valence-electron chi connectivity index (χ3n) is 6.83. The number of amides is 2. The number of hydrogen-bond donors (Lipinski definition) is 2. The van der Waals surface area contributed by atoms with E-state index >= 15 is 0 Å². The Labute approximate surface area is 170 Å². The van der Waals surface area contributed by atoms with E-state index in [1.54, 1.807) is 6.20 Å². The molecule has 2 aliphatic carbocycles. The second-order valence-corrected chi connectivity index (χ2v) is 8.72. The summed E-state index contributed by atoms with van der Waals surface area (Å²) in [5.41, 5.74) is 2.50. The first-order valence-corrected chi connectivity index (χ1v) is 10.7. The molecule has 5 rings (SSSR count). The van der Waals surface area contributed by atoms with Crippen molar-refractivity contribution in [2.75, 3.05) is 10.6 Å². The van der Waals surface area contributed by atoms with Gasteiger partial charge in [0.05, 0.1) is 5.41 Å². The van der Waals surface area contributed by atoms with Crippen molar-refractivity contribution in [2.45, 2.75) is 63.2 Å². The van der Waals surface area contributed by atoms with Crippen LogP contribution in [-0.4, -0.2) is 21.8 Å². The standard InChI is InChI=1S/C23H26N4O2/c28-20(9-8-15-5-2-1-3-6-15)26-19-11-16-12-23(13-17(16)14-25-19)18-7-4-10-24-21(18)27-22(23)29/h4,7,10-11,14-15H,1-3,5-6,8-9,12-13H2,(H,24,27,29)(H,25,26,28).